The van der Waals surface area contributed by atoms with Crippen LogP contribution in [-0.2, 0) is 10.0 Å². The standard InChI is InChI=1S/C15H22N2O2S2/c1-10-6-7-17(9-12(10)3)21(18,19)14-5-4-13(15(16)20)8-11(14)2/h4-5,8,10,12H,6-7,9H2,1-3H3,(H2,16,20). The van der Waals surface area contributed by atoms with Crippen LogP contribution >= 0.6 is 12.2 Å². The zero-order valence-electron chi connectivity index (χ0n) is 12.7. The topological polar surface area (TPSA) is 63.4 Å². The number of rotatable bonds is 3. The molecule has 2 atom stereocenters. The number of hydrogen-bond acceptors (Lipinski definition) is 3. The zero-order chi connectivity index (χ0) is 15.8. The van der Waals surface area contributed by atoms with Gasteiger partial charge in [-0.2, -0.15) is 4.31 Å². The van der Waals surface area contributed by atoms with Gasteiger partial charge >= 0.3 is 0 Å². The van der Waals surface area contributed by atoms with Gasteiger partial charge in [0.25, 0.3) is 0 Å². The smallest absolute Gasteiger partial charge is 0.243 e. The molecule has 6 heteroatoms. The van der Waals surface area contributed by atoms with Crippen LogP contribution in [0.25, 0.3) is 0 Å². The average Bonchev–Trinajstić information content (AvgIpc) is 2.41. The van der Waals surface area contributed by atoms with Gasteiger partial charge in [0, 0.05) is 18.7 Å². The maximum Gasteiger partial charge on any atom is 0.243 e. The Morgan fingerprint density at radius 1 is 1.33 bits per heavy atom. The summed E-state index contributed by atoms with van der Waals surface area (Å²) in [4.78, 5) is 0.631. The molecule has 0 amide bonds. The molecule has 1 aromatic rings. The SMILES string of the molecule is Cc1cc(C(N)=S)ccc1S(=O)(=O)N1CCC(C)C(C)C1. The lowest BCUT2D eigenvalue weighted by Crippen LogP contribution is -2.42. The minimum Gasteiger partial charge on any atom is -0.389 e. The van der Waals surface area contributed by atoms with Gasteiger partial charge in [0.05, 0.1) is 4.90 Å². The maximum atomic E-state index is 12.8. The molecule has 1 aliphatic rings. The molecule has 0 saturated carbocycles. The van der Waals surface area contributed by atoms with Crippen molar-refractivity contribution in [2.75, 3.05) is 13.1 Å². The Balaban J connectivity index is 2.34. The van der Waals surface area contributed by atoms with Gasteiger partial charge < -0.3 is 5.73 Å². The number of hydrogen-bond donors (Lipinski definition) is 1. The molecule has 1 aliphatic heterocycles. The van der Waals surface area contributed by atoms with Crippen molar-refractivity contribution >= 4 is 27.2 Å². The average molecular weight is 326 g/mol. The van der Waals surface area contributed by atoms with Gasteiger partial charge in [-0.1, -0.05) is 32.1 Å². The maximum absolute atomic E-state index is 12.8. The van der Waals surface area contributed by atoms with E-state index in [2.05, 4.69) is 13.8 Å². The van der Waals surface area contributed by atoms with Crippen molar-refractivity contribution in [3.63, 3.8) is 0 Å². The van der Waals surface area contributed by atoms with Crippen molar-refractivity contribution in [3.05, 3.63) is 29.3 Å². The normalized spacial score (nSPS) is 24.0. The molecule has 1 fully saturated rings. The number of thiocarbonyl (C=S) groups is 1. The van der Waals surface area contributed by atoms with E-state index in [1.807, 2.05) is 0 Å². The monoisotopic (exact) mass is 326 g/mol. The van der Waals surface area contributed by atoms with Gasteiger partial charge in [0.1, 0.15) is 4.99 Å². The molecule has 0 aliphatic carbocycles. The molecule has 1 heterocycles. The lowest BCUT2D eigenvalue weighted by Gasteiger charge is -2.34. The van der Waals surface area contributed by atoms with Crippen molar-refractivity contribution in [1.29, 1.82) is 0 Å². The van der Waals surface area contributed by atoms with Crippen LogP contribution in [0.15, 0.2) is 23.1 Å². The highest BCUT2D eigenvalue weighted by Crippen LogP contribution is 2.28. The van der Waals surface area contributed by atoms with Crippen molar-refractivity contribution < 1.29 is 8.42 Å². The van der Waals surface area contributed by atoms with Crippen molar-refractivity contribution in [2.24, 2.45) is 17.6 Å². The van der Waals surface area contributed by atoms with E-state index in [0.29, 0.717) is 40.9 Å². The third kappa shape index (κ3) is 3.27. The summed E-state index contributed by atoms with van der Waals surface area (Å²) in [6, 6.07) is 5.03. The van der Waals surface area contributed by atoms with E-state index in [1.54, 1.807) is 29.4 Å². The van der Waals surface area contributed by atoms with E-state index in [-0.39, 0.29) is 4.99 Å². The molecule has 0 bridgehead atoms. The summed E-state index contributed by atoms with van der Waals surface area (Å²) in [7, 11) is -3.44. The summed E-state index contributed by atoms with van der Waals surface area (Å²) in [5.41, 5.74) is 6.97. The highest BCUT2D eigenvalue weighted by molar-refractivity contribution is 7.89. The van der Waals surface area contributed by atoms with Crippen LogP contribution in [0.4, 0.5) is 0 Å². The number of sulfonamides is 1. The van der Waals surface area contributed by atoms with E-state index in [1.165, 1.54) is 0 Å². The molecule has 2 N–H and O–H groups in total. The van der Waals surface area contributed by atoms with Crippen molar-refractivity contribution in [3.8, 4) is 0 Å². The van der Waals surface area contributed by atoms with Gasteiger partial charge in [-0.3, -0.25) is 0 Å². The third-order valence-electron chi connectivity index (χ3n) is 4.37. The molecule has 2 rings (SSSR count). The summed E-state index contributed by atoms with van der Waals surface area (Å²) in [5.74, 6) is 0.944. The fourth-order valence-electron chi connectivity index (χ4n) is 2.67. The van der Waals surface area contributed by atoms with Crippen LogP contribution in [-0.4, -0.2) is 30.8 Å². The van der Waals surface area contributed by atoms with Gasteiger partial charge in [-0.25, -0.2) is 8.42 Å². The van der Waals surface area contributed by atoms with Crippen molar-refractivity contribution in [2.45, 2.75) is 32.1 Å². The van der Waals surface area contributed by atoms with Crippen LogP contribution in [0, 0.1) is 18.8 Å². The summed E-state index contributed by atoms with van der Waals surface area (Å²) < 4.78 is 27.2. The summed E-state index contributed by atoms with van der Waals surface area (Å²) in [6.45, 7) is 7.24. The Morgan fingerprint density at radius 3 is 2.52 bits per heavy atom. The Kier molecular flexibility index (Phi) is 4.70. The predicted molar refractivity (Wildman–Crippen MR) is 88.8 cm³/mol. The highest BCUT2D eigenvalue weighted by Gasteiger charge is 2.32. The first kappa shape index (κ1) is 16.4. The number of aryl methyl sites for hydroxylation is 1. The van der Waals surface area contributed by atoms with Crippen LogP contribution in [0.3, 0.4) is 0 Å². The molecule has 0 spiro atoms. The lowest BCUT2D eigenvalue weighted by molar-refractivity contribution is 0.212. The number of piperidine rings is 1. The molecule has 0 radical (unpaired) electrons. The van der Waals surface area contributed by atoms with Gasteiger partial charge in [0.2, 0.25) is 10.0 Å². The Labute approximate surface area is 132 Å². The zero-order valence-corrected chi connectivity index (χ0v) is 14.3. The van der Waals surface area contributed by atoms with E-state index < -0.39 is 10.0 Å². The minimum absolute atomic E-state index is 0.280. The van der Waals surface area contributed by atoms with Crippen LogP contribution in [0.1, 0.15) is 31.4 Å². The third-order valence-corrected chi connectivity index (χ3v) is 6.64. The Morgan fingerprint density at radius 2 is 2.00 bits per heavy atom. The molecule has 4 nitrogen and oxygen atoms in total. The number of benzene rings is 1. The number of nitrogens with two attached hydrogens (primary N) is 1. The minimum atomic E-state index is -3.44. The Hall–Kier alpha value is -0.980. The molecule has 116 valence electrons. The Bertz CT molecular complexity index is 656. The van der Waals surface area contributed by atoms with Crippen molar-refractivity contribution in [1.82, 2.24) is 4.31 Å². The summed E-state index contributed by atoms with van der Waals surface area (Å²) in [6.07, 6.45) is 0.907. The van der Waals surface area contributed by atoms with Crippen LogP contribution in [0.2, 0.25) is 0 Å². The second-order valence-corrected chi connectivity index (χ2v) is 8.30. The largest absolute Gasteiger partial charge is 0.389 e. The van der Waals surface area contributed by atoms with E-state index >= 15 is 0 Å². The van der Waals surface area contributed by atoms with E-state index in [9.17, 15) is 8.42 Å². The molecule has 2 unspecified atom stereocenters. The summed E-state index contributed by atoms with van der Waals surface area (Å²) in [5, 5.41) is 0. The summed E-state index contributed by atoms with van der Waals surface area (Å²) >= 11 is 4.93. The molecular weight excluding hydrogens is 304 g/mol. The van der Waals surface area contributed by atoms with E-state index in [0.717, 1.165) is 6.42 Å². The second kappa shape index (κ2) is 6.02. The molecule has 1 saturated heterocycles. The first-order valence-corrected chi connectivity index (χ1v) is 8.99. The molecule has 1 aromatic carbocycles. The highest BCUT2D eigenvalue weighted by atomic mass is 32.2. The quantitative estimate of drug-likeness (QED) is 0.866. The second-order valence-electron chi connectivity index (χ2n) is 5.95. The first-order valence-electron chi connectivity index (χ1n) is 7.14. The first-order chi connectivity index (χ1) is 9.73. The fourth-order valence-corrected chi connectivity index (χ4v) is 4.56. The molecule has 0 aromatic heterocycles. The van der Waals surface area contributed by atoms with Gasteiger partial charge in [0.15, 0.2) is 0 Å². The van der Waals surface area contributed by atoms with Gasteiger partial charge in [-0.05, 0) is 42.9 Å². The van der Waals surface area contributed by atoms with Crippen LogP contribution < -0.4 is 5.73 Å². The molecule has 21 heavy (non-hydrogen) atoms. The lowest BCUT2D eigenvalue weighted by atomic mass is 9.90. The van der Waals surface area contributed by atoms with E-state index in [4.69, 9.17) is 18.0 Å². The predicted octanol–water partition coefficient (Wildman–Crippen LogP) is 2.30. The van der Waals surface area contributed by atoms with Gasteiger partial charge in [-0.15, -0.1) is 0 Å². The fraction of sp³-hybridized carbons (Fsp3) is 0.533. The molecular formula is C15H22N2O2S2. The van der Waals surface area contributed by atoms with Crippen LogP contribution in [0.5, 0.6) is 0 Å². The number of nitrogens with zero attached hydrogens (tertiary/aromatic N) is 1.